The van der Waals surface area contributed by atoms with E-state index in [9.17, 15) is 9.59 Å². The first-order valence-electron chi connectivity index (χ1n) is 6.83. The minimum atomic E-state index is -0.815. The van der Waals surface area contributed by atoms with E-state index in [2.05, 4.69) is 5.32 Å². The Hall–Kier alpha value is -1.81. The summed E-state index contributed by atoms with van der Waals surface area (Å²) in [7, 11) is 1.49. The number of carbonyl (C=O) groups is 2. The van der Waals surface area contributed by atoms with Crippen molar-refractivity contribution < 1.29 is 14.3 Å². The van der Waals surface area contributed by atoms with E-state index in [1.807, 2.05) is 6.07 Å². The Morgan fingerprint density at radius 2 is 2.09 bits per heavy atom. The van der Waals surface area contributed by atoms with Gasteiger partial charge in [-0.05, 0) is 25.1 Å². The van der Waals surface area contributed by atoms with Gasteiger partial charge in [0.05, 0.1) is 29.1 Å². The summed E-state index contributed by atoms with van der Waals surface area (Å²) in [5, 5.41) is 11.6. The number of amides is 2. The van der Waals surface area contributed by atoms with Crippen LogP contribution < -0.4 is 10.2 Å². The molecule has 124 valence electrons. The van der Waals surface area contributed by atoms with E-state index in [1.54, 1.807) is 19.1 Å². The van der Waals surface area contributed by atoms with Gasteiger partial charge < -0.3 is 15.0 Å². The van der Waals surface area contributed by atoms with E-state index in [0.29, 0.717) is 10.7 Å². The second-order valence-corrected chi connectivity index (χ2v) is 5.47. The SMILES string of the molecule is COCCC(=O)N(c1ccc(Cl)c(Cl)c1)C(C)C(=O)NCC#N. The van der Waals surface area contributed by atoms with Crippen LogP contribution in [0.3, 0.4) is 0 Å². The second kappa shape index (κ2) is 9.36. The van der Waals surface area contributed by atoms with E-state index in [-0.39, 0.29) is 30.5 Å². The largest absolute Gasteiger partial charge is 0.384 e. The molecule has 0 aliphatic carbocycles. The van der Waals surface area contributed by atoms with Crippen LogP contribution in [0.4, 0.5) is 5.69 Å². The number of carbonyl (C=O) groups excluding carboxylic acids is 2. The molecule has 1 atom stereocenters. The second-order valence-electron chi connectivity index (χ2n) is 4.66. The number of benzene rings is 1. The molecule has 8 heteroatoms. The maximum atomic E-state index is 12.4. The van der Waals surface area contributed by atoms with Crippen molar-refractivity contribution in [2.24, 2.45) is 0 Å². The molecule has 0 saturated carbocycles. The molecule has 0 heterocycles. The Morgan fingerprint density at radius 3 is 2.65 bits per heavy atom. The monoisotopic (exact) mass is 357 g/mol. The zero-order valence-electron chi connectivity index (χ0n) is 12.8. The molecule has 0 aromatic heterocycles. The number of halogens is 2. The van der Waals surface area contributed by atoms with Gasteiger partial charge in [0.1, 0.15) is 12.6 Å². The van der Waals surface area contributed by atoms with Crippen molar-refractivity contribution in [1.82, 2.24) is 5.32 Å². The number of anilines is 1. The van der Waals surface area contributed by atoms with Gasteiger partial charge in [-0.25, -0.2) is 0 Å². The normalized spacial score (nSPS) is 11.4. The van der Waals surface area contributed by atoms with Crippen molar-refractivity contribution >= 4 is 40.7 Å². The van der Waals surface area contributed by atoms with Crippen molar-refractivity contribution in [1.29, 1.82) is 5.26 Å². The average molecular weight is 358 g/mol. The first-order chi connectivity index (χ1) is 10.9. The summed E-state index contributed by atoms with van der Waals surface area (Å²) < 4.78 is 4.91. The Labute approximate surface area is 144 Å². The predicted octanol–water partition coefficient (Wildman–Crippen LogP) is 2.39. The van der Waals surface area contributed by atoms with Crippen LogP contribution in [0.5, 0.6) is 0 Å². The smallest absolute Gasteiger partial charge is 0.243 e. The van der Waals surface area contributed by atoms with Crippen molar-refractivity contribution in [2.75, 3.05) is 25.2 Å². The summed E-state index contributed by atoms with van der Waals surface area (Å²) in [6, 6.07) is 5.68. The third-order valence-electron chi connectivity index (χ3n) is 3.08. The summed E-state index contributed by atoms with van der Waals surface area (Å²) in [6.45, 7) is 1.66. The molecule has 1 N–H and O–H groups in total. The predicted molar refractivity (Wildman–Crippen MR) is 88.5 cm³/mol. The molecule has 23 heavy (non-hydrogen) atoms. The lowest BCUT2D eigenvalue weighted by Crippen LogP contribution is -2.48. The Morgan fingerprint density at radius 1 is 1.39 bits per heavy atom. The zero-order chi connectivity index (χ0) is 17.4. The third kappa shape index (κ3) is 5.39. The average Bonchev–Trinajstić information content (AvgIpc) is 2.53. The molecule has 1 aromatic carbocycles. The van der Waals surface area contributed by atoms with Gasteiger partial charge in [0.15, 0.2) is 0 Å². The minimum Gasteiger partial charge on any atom is -0.384 e. The fourth-order valence-corrected chi connectivity index (χ4v) is 2.21. The molecule has 0 aliphatic heterocycles. The first kappa shape index (κ1) is 19.2. The Kier molecular flexibility index (Phi) is 7.83. The molecule has 6 nitrogen and oxygen atoms in total. The van der Waals surface area contributed by atoms with Gasteiger partial charge in [0, 0.05) is 12.8 Å². The van der Waals surface area contributed by atoms with Gasteiger partial charge in [-0.3, -0.25) is 9.59 Å². The standard InChI is InChI=1S/C15H17Cl2N3O3/c1-10(15(22)19-7-6-18)20(14(21)5-8-23-2)11-3-4-12(16)13(17)9-11/h3-4,9-10H,5,7-8H2,1-2H3,(H,19,22). The van der Waals surface area contributed by atoms with Crippen LogP contribution in [0.2, 0.25) is 10.0 Å². The van der Waals surface area contributed by atoms with Crippen molar-refractivity contribution in [3.05, 3.63) is 28.2 Å². The molecule has 1 unspecified atom stereocenters. The summed E-state index contributed by atoms with van der Waals surface area (Å²) in [5.74, 6) is -0.742. The highest BCUT2D eigenvalue weighted by Crippen LogP contribution is 2.28. The molecule has 0 fully saturated rings. The van der Waals surface area contributed by atoms with Gasteiger partial charge in [-0.1, -0.05) is 23.2 Å². The van der Waals surface area contributed by atoms with Gasteiger partial charge in [-0.15, -0.1) is 0 Å². The van der Waals surface area contributed by atoms with Gasteiger partial charge in [0.2, 0.25) is 11.8 Å². The molecule has 0 bridgehead atoms. The van der Waals surface area contributed by atoms with Crippen molar-refractivity contribution in [3.8, 4) is 6.07 Å². The molecule has 0 aliphatic rings. The Balaban J connectivity index is 3.10. The number of nitrogens with one attached hydrogen (secondary N) is 1. The topological polar surface area (TPSA) is 82.4 Å². The minimum absolute atomic E-state index is 0.104. The fourth-order valence-electron chi connectivity index (χ4n) is 1.92. The molecule has 1 aromatic rings. The number of hydrogen-bond acceptors (Lipinski definition) is 4. The molecule has 1 rings (SSSR count). The van der Waals surface area contributed by atoms with Crippen molar-refractivity contribution in [2.45, 2.75) is 19.4 Å². The van der Waals surface area contributed by atoms with Crippen LogP contribution in [-0.2, 0) is 14.3 Å². The molecular weight excluding hydrogens is 341 g/mol. The summed E-state index contributed by atoms with van der Waals surface area (Å²) in [6.07, 6.45) is 0.104. The highest BCUT2D eigenvalue weighted by molar-refractivity contribution is 6.42. The summed E-state index contributed by atoms with van der Waals surface area (Å²) in [5.41, 5.74) is 0.445. The van der Waals surface area contributed by atoms with Gasteiger partial charge >= 0.3 is 0 Å². The Bertz CT molecular complexity index is 616. The molecule has 0 radical (unpaired) electrons. The molecule has 0 spiro atoms. The summed E-state index contributed by atoms with van der Waals surface area (Å²) in [4.78, 5) is 25.9. The highest BCUT2D eigenvalue weighted by Gasteiger charge is 2.27. The molecule has 2 amide bonds. The highest BCUT2D eigenvalue weighted by atomic mass is 35.5. The van der Waals surface area contributed by atoms with Crippen LogP contribution >= 0.6 is 23.2 Å². The van der Waals surface area contributed by atoms with E-state index < -0.39 is 11.9 Å². The number of hydrogen-bond donors (Lipinski definition) is 1. The number of nitrogens with zero attached hydrogens (tertiary/aromatic N) is 2. The van der Waals surface area contributed by atoms with E-state index in [1.165, 1.54) is 18.1 Å². The third-order valence-corrected chi connectivity index (χ3v) is 3.82. The van der Waals surface area contributed by atoms with Gasteiger partial charge in [0.25, 0.3) is 0 Å². The zero-order valence-corrected chi connectivity index (χ0v) is 14.3. The number of rotatable bonds is 7. The van der Waals surface area contributed by atoms with Crippen LogP contribution in [0.1, 0.15) is 13.3 Å². The quantitative estimate of drug-likeness (QED) is 0.759. The summed E-state index contributed by atoms with van der Waals surface area (Å²) >= 11 is 11.9. The van der Waals surface area contributed by atoms with Crippen LogP contribution in [-0.4, -0.2) is 38.1 Å². The van der Waals surface area contributed by atoms with E-state index in [0.717, 1.165) is 0 Å². The lowest BCUT2D eigenvalue weighted by Gasteiger charge is -2.28. The number of ether oxygens (including phenoxy) is 1. The lowest BCUT2D eigenvalue weighted by atomic mass is 10.2. The van der Waals surface area contributed by atoms with E-state index in [4.69, 9.17) is 33.2 Å². The van der Waals surface area contributed by atoms with Gasteiger partial charge in [-0.2, -0.15) is 5.26 Å². The lowest BCUT2D eigenvalue weighted by molar-refractivity contribution is -0.126. The maximum absolute atomic E-state index is 12.4. The van der Waals surface area contributed by atoms with Crippen LogP contribution in [0.15, 0.2) is 18.2 Å². The van der Waals surface area contributed by atoms with E-state index >= 15 is 0 Å². The van der Waals surface area contributed by atoms with Crippen LogP contribution in [0.25, 0.3) is 0 Å². The van der Waals surface area contributed by atoms with Crippen LogP contribution in [0, 0.1) is 11.3 Å². The first-order valence-corrected chi connectivity index (χ1v) is 7.58. The maximum Gasteiger partial charge on any atom is 0.243 e. The fraction of sp³-hybridized carbons (Fsp3) is 0.400. The number of nitriles is 1. The number of methoxy groups -OCH3 is 1. The molecule has 0 saturated heterocycles. The van der Waals surface area contributed by atoms with Crippen molar-refractivity contribution in [3.63, 3.8) is 0 Å². The molecular formula is C15H17Cl2N3O3.